The molecule has 0 spiro atoms. The fourth-order valence-electron chi connectivity index (χ4n) is 3.18. The Bertz CT molecular complexity index is 1230. The summed E-state index contributed by atoms with van der Waals surface area (Å²) in [5.74, 6) is -0.552. The van der Waals surface area contributed by atoms with Crippen LogP contribution >= 0.6 is 0 Å². The third-order valence-corrected chi connectivity index (χ3v) is 4.46. The van der Waals surface area contributed by atoms with E-state index in [1.165, 1.54) is 18.2 Å². The third-order valence-electron chi connectivity index (χ3n) is 4.46. The lowest BCUT2D eigenvalue weighted by Gasteiger charge is -2.11. The van der Waals surface area contributed by atoms with Crippen molar-refractivity contribution in [2.24, 2.45) is 0 Å². The second-order valence-electron chi connectivity index (χ2n) is 6.73. The van der Waals surface area contributed by atoms with E-state index in [9.17, 15) is 18.0 Å². The van der Waals surface area contributed by atoms with Crippen LogP contribution in [0.1, 0.15) is 5.56 Å². The number of carbonyl (C=O) groups excluding carboxylic acids is 1. The number of aromatic nitrogens is 2. The standard InChI is InChI=1S/C23H16F3N3O2/c24-23(25,26)31-19-8-2-5-16(12-19)20-10-9-15-4-1-6-17(22(15)29-20)13-21(30)28-18-7-3-11-27-14-18/h1-12,14H,13H2,(H,28,30). The number of hydrogen-bond acceptors (Lipinski definition) is 4. The zero-order chi connectivity index (χ0) is 21.8. The topological polar surface area (TPSA) is 64.1 Å². The first kappa shape index (κ1) is 20.3. The van der Waals surface area contributed by atoms with Crippen molar-refractivity contribution < 1.29 is 22.7 Å². The summed E-state index contributed by atoms with van der Waals surface area (Å²) in [5, 5.41) is 3.60. The molecule has 0 bridgehead atoms. The van der Waals surface area contributed by atoms with Crippen molar-refractivity contribution in [3.63, 3.8) is 0 Å². The number of amides is 1. The number of nitrogens with zero attached hydrogens (tertiary/aromatic N) is 2. The number of anilines is 1. The lowest BCUT2D eigenvalue weighted by atomic mass is 10.0. The quantitative estimate of drug-likeness (QED) is 0.468. The Morgan fingerprint density at radius 1 is 1.00 bits per heavy atom. The van der Waals surface area contributed by atoms with Crippen LogP contribution in [0.5, 0.6) is 5.75 Å². The maximum Gasteiger partial charge on any atom is 0.573 e. The van der Waals surface area contributed by atoms with Crippen LogP contribution in [0.4, 0.5) is 18.9 Å². The van der Waals surface area contributed by atoms with Gasteiger partial charge in [-0.05, 0) is 35.9 Å². The second kappa shape index (κ2) is 8.43. The fourth-order valence-corrected chi connectivity index (χ4v) is 3.18. The van der Waals surface area contributed by atoms with E-state index >= 15 is 0 Å². The van der Waals surface area contributed by atoms with Crippen LogP contribution in [0, 0.1) is 0 Å². The number of nitrogens with one attached hydrogen (secondary N) is 1. The Labute approximate surface area is 175 Å². The van der Waals surface area contributed by atoms with E-state index in [-0.39, 0.29) is 18.1 Å². The molecule has 0 unspecified atom stereocenters. The monoisotopic (exact) mass is 423 g/mol. The number of rotatable bonds is 5. The highest BCUT2D eigenvalue weighted by Gasteiger charge is 2.31. The van der Waals surface area contributed by atoms with Gasteiger partial charge in [0.25, 0.3) is 0 Å². The van der Waals surface area contributed by atoms with Gasteiger partial charge in [0, 0.05) is 17.1 Å². The first-order chi connectivity index (χ1) is 14.9. The summed E-state index contributed by atoms with van der Waals surface area (Å²) in [7, 11) is 0. The average molecular weight is 423 g/mol. The number of hydrogen-bond donors (Lipinski definition) is 1. The summed E-state index contributed by atoms with van der Waals surface area (Å²) in [4.78, 5) is 21.0. The molecule has 4 aromatic rings. The molecule has 8 heteroatoms. The molecule has 2 aromatic heterocycles. The number of benzene rings is 2. The SMILES string of the molecule is O=C(Cc1cccc2ccc(-c3cccc(OC(F)(F)F)c3)nc12)Nc1cccnc1. The molecule has 0 aliphatic rings. The largest absolute Gasteiger partial charge is 0.573 e. The van der Waals surface area contributed by atoms with Crippen LogP contribution in [-0.2, 0) is 11.2 Å². The molecule has 0 atom stereocenters. The van der Waals surface area contributed by atoms with Crippen molar-refractivity contribution in [3.05, 3.63) is 84.7 Å². The molecule has 5 nitrogen and oxygen atoms in total. The van der Waals surface area contributed by atoms with Crippen LogP contribution in [0.3, 0.4) is 0 Å². The van der Waals surface area contributed by atoms with Gasteiger partial charge in [0.2, 0.25) is 5.91 Å². The summed E-state index contributed by atoms with van der Waals surface area (Å²) in [5.41, 5.74) is 2.83. The molecule has 1 amide bonds. The Morgan fingerprint density at radius 3 is 2.61 bits per heavy atom. The molecular weight excluding hydrogens is 407 g/mol. The van der Waals surface area contributed by atoms with Gasteiger partial charge in [0.15, 0.2) is 0 Å². The van der Waals surface area contributed by atoms with Crippen molar-refractivity contribution in [1.29, 1.82) is 0 Å². The maximum atomic E-state index is 12.5. The van der Waals surface area contributed by atoms with Crippen LogP contribution in [-0.4, -0.2) is 22.2 Å². The molecule has 0 radical (unpaired) electrons. The maximum absolute atomic E-state index is 12.5. The second-order valence-corrected chi connectivity index (χ2v) is 6.73. The Kier molecular flexibility index (Phi) is 5.53. The van der Waals surface area contributed by atoms with Crippen molar-refractivity contribution in [3.8, 4) is 17.0 Å². The lowest BCUT2D eigenvalue weighted by molar-refractivity contribution is -0.274. The van der Waals surface area contributed by atoms with Crippen LogP contribution in [0.25, 0.3) is 22.2 Å². The molecule has 31 heavy (non-hydrogen) atoms. The van der Waals surface area contributed by atoms with E-state index in [1.54, 1.807) is 42.7 Å². The van der Waals surface area contributed by atoms with Gasteiger partial charge in [-0.15, -0.1) is 13.2 Å². The average Bonchev–Trinajstić information content (AvgIpc) is 2.73. The van der Waals surface area contributed by atoms with Gasteiger partial charge in [-0.1, -0.05) is 36.4 Å². The molecule has 0 fully saturated rings. The molecule has 0 saturated carbocycles. The lowest BCUT2D eigenvalue weighted by Crippen LogP contribution is -2.17. The minimum atomic E-state index is -4.77. The van der Waals surface area contributed by atoms with Gasteiger partial charge in [-0.25, -0.2) is 4.98 Å². The van der Waals surface area contributed by atoms with Crippen LogP contribution < -0.4 is 10.1 Å². The first-order valence-electron chi connectivity index (χ1n) is 9.32. The van der Waals surface area contributed by atoms with E-state index in [2.05, 4.69) is 20.0 Å². The number of fused-ring (bicyclic) bond motifs is 1. The first-order valence-corrected chi connectivity index (χ1v) is 9.32. The molecule has 0 aliphatic heterocycles. The number of ether oxygens (including phenoxy) is 1. The van der Waals surface area contributed by atoms with Crippen molar-refractivity contribution in [2.75, 3.05) is 5.32 Å². The predicted molar refractivity (Wildman–Crippen MR) is 110 cm³/mol. The number of halogens is 3. The van der Waals surface area contributed by atoms with Crippen LogP contribution in [0.2, 0.25) is 0 Å². The number of para-hydroxylation sites is 1. The van der Waals surface area contributed by atoms with Gasteiger partial charge in [-0.3, -0.25) is 9.78 Å². The zero-order valence-electron chi connectivity index (χ0n) is 16.1. The molecule has 2 aromatic carbocycles. The number of carbonyl (C=O) groups is 1. The molecule has 0 aliphatic carbocycles. The van der Waals surface area contributed by atoms with Crippen molar-refractivity contribution in [2.45, 2.75) is 12.8 Å². The summed E-state index contributed by atoms with van der Waals surface area (Å²) in [6.07, 6.45) is -1.53. The van der Waals surface area contributed by atoms with Crippen molar-refractivity contribution in [1.82, 2.24) is 9.97 Å². The zero-order valence-corrected chi connectivity index (χ0v) is 16.1. The molecule has 156 valence electrons. The fraction of sp³-hybridized carbons (Fsp3) is 0.0870. The Morgan fingerprint density at radius 2 is 1.84 bits per heavy atom. The highest BCUT2D eigenvalue weighted by atomic mass is 19.4. The Hall–Kier alpha value is -3.94. The van der Waals surface area contributed by atoms with Gasteiger partial charge < -0.3 is 10.1 Å². The van der Waals surface area contributed by atoms with E-state index < -0.39 is 6.36 Å². The highest BCUT2D eigenvalue weighted by Crippen LogP contribution is 2.29. The molecule has 4 rings (SSSR count). The van der Waals surface area contributed by atoms with E-state index in [1.807, 2.05) is 18.2 Å². The van der Waals surface area contributed by atoms with E-state index in [0.717, 1.165) is 5.39 Å². The van der Waals surface area contributed by atoms with Gasteiger partial charge in [0.05, 0.1) is 29.5 Å². The van der Waals surface area contributed by atoms with Gasteiger partial charge in [-0.2, -0.15) is 0 Å². The van der Waals surface area contributed by atoms with Gasteiger partial charge >= 0.3 is 6.36 Å². The minimum Gasteiger partial charge on any atom is -0.406 e. The summed E-state index contributed by atoms with van der Waals surface area (Å²) in [6.45, 7) is 0. The molecule has 0 saturated heterocycles. The predicted octanol–water partition coefficient (Wildman–Crippen LogP) is 5.38. The molecule has 2 heterocycles. The summed E-state index contributed by atoms with van der Waals surface area (Å²) in [6, 6.07) is 18.1. The van der Waals surface area contributed by atoms with E-state index in [4.69, 9.17) is 0 Å². The number of alkyl halides is 3. The van der Waals surface area contributed by atoms with E-state index in [0.29, 0.717) is 28.0 Å². The third kappa shape index (κ3) is 5.16. The summed E-state index contributed by atoms with van der Waals surface area (Å²) < 4.78 is 41.6. The highest BCUT2D eigenvalue weighted by molar-refractivity contribution is 5.95. The number of pyridine rings is 2. The van der Waals surface area contributed by atoms with Crippen molar-refractivity contribution >= 4 is 22.5 Å². The Balaban J connectivity index is 1.63. The normalized spacial score (nSPS) is 11.3. The smallest absolute Gasteiger partial charge is 0.406 e. The molecular formula is C23H16F3N3O2. The minimum absolute atomic E-state index is 0.0832. The van der Waals surface area contributed by atoms with Crippen LogP contribution in [0.15, 0.2) is 79.1 Å². The summed E-state index contributed by atoms with van der Waals surface area (Å²) >= 11 is 0. The molecule has 1 N–H and O–H groups in total. The van der Waals surface area contributed by atoms with Gasteiger partial charge in [0.1, 0.15) is 5.75 Å².